The number of hydrogen-bond acceptors (Lipinski definition) is 4. The molecule has 0 saturated heterocycles. The highest BCUT2D eigenvalue weighted by atomic mass is 35.5. The van der Waals surface area contributed by atoms with Crippen LogP contribution >= 0.6 is 23.4 Å². The number of ether oxygens (including phenoxy) is 1. The maximum absolute atomic E-state index is 12.1. The van der Waals surface area contributed by atoms with Gasteiger partial charge in [0, 0.05) is 36.9 Å². The van der Waals surface area contributed by atoms with Gasteiger partial charge in [0.25, 0.3) is 0 Å². The summed E-state index contributed by atoms with van der Waals surface area (Å²) in [6.45, 7) is 2.03. The number of hydrogen-bond donors (Lipinski definition) is 1. The zero-order valence-corrected chi connectivity index (χ0v) is 16.0. The fourth-order valence-electron chi connectivity index (χ4n) is 3.24. The predicted octanol–water partition coefficient (Wildman–Crippen LogP) is 3.73. The van der Waals surface area contributed by atoms with E-state index in [1.54, 1.807) is 18.9 Å². The molecule has 1 N–H and O–H groups in total. The number of halogens is 1. The van der Waals surface area contributed by atoms with Gasteiger partial charge in [-0.1, -0.05) is 36.2 Å². The molecule has 1 heterocycles. The number of thioether (sulfide) groups is 1. The molecule has 0 bridgehead atoms. The monoisotopic (exact) mass is 381 g/mol. The Balaban J connectivity index is 1.60. The van der Waals surface area contributed by atoms with E-state index in [4.69, 9.17) is 21.3 Å². The Morgan fingerprint density at radius 2 is 2.24 bits per heavy atom. The normalized spacial score (nSPS) is 15.1. The number of methoxy groups -OCH3 is 1. The second-order valence-electron chi connectivity index (χ2n) is 6.29. The fourth-order valence-corrected chi connectivity index (χ4v) is 4.30. The SMILES string of the molecule is COCCn1c(SCCNC(=O)C2CCCC2)nc2cc(Cl)ccc21. The number of amides is 1. The minimum atomic E-state index is 0.206. The van der Waals surface area contributed by atoms with Gasteiger partial charge in [-0.25, -0.2) is 4.98 Å². The lowest BCUT2D eigenvalue weighted by Crippen LogP contribution is -2.31. The Labute approximate surface area is 157 Å². The highest BCUT2D eigenvalue weighted by molar-refractivity contribution is 7.99. The number of imidazole rings is 1. The van der Waals surface area contributed by atoms with E-state index in [0.717, 1.165) is 41.3 Å². The molecule has 0 atom stereocenters. The van der Waals surface area contributed by atoms with Gasteiger partial charge < -0.3 is 14.6 Å². The van der Waals surface area contributed by atoms with E-state index < -0.39 is 0 Å². The van der Waals surface area contributed by atoms with Gasteiger partial charge in [0.05, 0.1) is 17.6 Å². The van der Waals surface area contributed by atoms with Crippen LogP contribution in [0.15, 0.2) is 23.4 Å². The molecule has 136 valence electrons. The van der Waals surface area contributed by atoms with Gasteiger partial charge in [0.15, 0.2) is 5.16 Å². The highest BCUT2D eigenvalue weighted by Crippen LogP contribution is 2.27. The lowest BCUT2D eigenvalue weighted by molar-refractivity contribution is -0.124. The molecule has 1 aromatic heterocycles. The zero-order chi connectivity index (χ0) is 17.6. The Morgan fingerprint density at radius 1 is 1.44 bits per heavy atom. The van der Waals surface area contributed by atoms with E-state index in [1.165, 1.54) is 12.8 Å². The zero-order valence-electron chi connectivity index (χ0n) is 14.5. The molecule has 3 rings (SSSR count). The molecule has 1 aromatic carbocycles. The first-order valence-corrected chi connectivity index (χ1v) is 10.1. The van der Waals surface area contributed by atoms with Gasteiger partial charge in [-0.2, -0.15) is 0 Å². The third kappa shape index (κ3) is 4.68. The van der Waals surface area contributed by atoms with Gasteiger partial charge in [-0.15, -0.1) is 0 Å². The number of aromatic nitrogens is 2. The molecule has 1 aliphatic carbocycles. The van der Waals surface area contributed by atoms with Crippen LogP contribution in [0.2, 0.25) is 5.02 Å². The van der Waals surface area contributed by atoms with Crippen LogP contribution in [0.1, 0.15) is 25.7 Å². The molecule has 0 unspecified atom stereocenters. The van der Waals surface area contributed by atoms with E-state index in [9.17, 15) is 4.79 Å². The Morgan fingerprint density at radius 3 is 3.00 bits per heavy atom. The van der Waals surface area contributed by atoms with Crippen molar-refractivity contribution in [2.24, 2.45) is 5.92 Å². The minimum Gasteiger partial charge on any atom is -0.383 e. The summed E-state index contributed by atoms with van der Waals surface area (Å²) in [4.78, 5) is 16.8. The van der Waals surface area contributed by atoms with Crippen LogP contribution in [0, 0.1) is 5.92 Å². The van der Waals surface area contributed by atoms with Crippen molar-refractivity contribution in [1.29, 1.82) is 0 Å². The number of nitrogens with one attached hydrogen (secondary N) is 1. The van der Waals surface area contributed by atoms with Crippen molar-refractivity contribution in [1.82, 2.24) is 14.9 Å². The average Bonchev–Trinajstić information content (AvgIpc) is 3.24. The van der Waals surface area contributed by atoms with Crippen LogP contribution in [0.25, 0.3) is 11.0 Å². The van der Waals surface area contributed by atoms with Crippen LogP contribution in [-0.4, -0.2) is 41.5 Å². The van der Waals surface area contributed by atoms with Crippen LogP contribution in [0.4, 0.5) is 0 Å². The summed E-state index contributed by atoms with van der Waals surface area (Å²) in [5.74, 6) is 1.22. The number of benzene rings is 1. The van der Waals surface area contributed by atoms with Crippen LogP contribution in [0.5, 0.6) is 0 Å². The van der Waals surface area contributed by atoms with Crippen molar-refractivity contribution in [3.05, 3.63) is 23.2 Å². The van der Waals surface area contributed by atoms with Gasteiger partial charge in [-0.3, -0.25) is 4.79 Å². The third-order valence-electron chi connectivity index (χ3n) is 4.55. The molecule has 25 heavy (non-hydrogen) atoms. The molecule has 0 aliphatic heterocycles. The van der Waals surface area contributed by atoms with Crippen LogP contribution in [-0.2, 0) is 16.1 Å². The summed E-state index contributed by atoms with van der Waals surface area (Å²) < 4.78 is 7.37. The van der Waals surface area contributed by atoms with Crippen LogP contribution < -0.4 is 5.32 Å². The smallest absolute Gasteiger partial charge is 0.223 e. The van der Waals surface area contributed by atoms with E-state index >= 15 is 0 Å². The van der Waals surface area contributed by atoms with Gasteiger partial charge in [0.1, 0.15) is 0 Å². The Bertz CT molecular complexity index is 728. The Hall–Kier alpha value is -1.24. The molecule has 0 spiro atoms. The van der Waals surface area contributed by atoms with Crippen molar-refractivity contribution in [3.8, 4) is 0 Å². The van der Waals surface area contributed by atoms with Crippen molar-refractivity contribution in [2.75, 3.05) is 26.0 Å². The molecule has 1 saturated carbocycles. The molecule has 7 heteroatoms. The van der Waals surface area contributed by atoms with E-state index in [1.807, 2.05) is 18.2 Å². The highest BCUT2D eigenvalue weighted by Gasteiger charge is 2.22. The molecule has 0 radical (unpaired) electrons. The van der Waals surface area contributed by atoms with Gasteiger partial charge in [-0.05, 0) is 31.0 Å². The fraction of sp³-hybridized carbons (Fsp3) is 0.556. The van der Waals surface area contributed by atoms with E-state index in [-0.39, 0.29) is 11.8 Å². The summed E-state index contributed by atoms with van der Waals surface area (Å²) in [6, 6.07) is 5.75. The lowest BCUT2D eigenvalue weighted by atomic mass is 10.1. The van der Waals surface area contributed by atoms with Gasteiger partial charge in [0.2, 0.25) is 5.91 Å². The first-order valence-electron chi connectivity index (χ1n) is 8.74. The molecule has 1 amide bonds. The number of carbonyl (C=O) groups is 1. The number of carbonyl (C=O) groups excluding carboxylic acids is 1. The molecule has 2 aromatic rings. The van der Waals surface area contributed by atoms with Crippen molar-refractivity contribution < 1.29 is 9.53 Å². The van der Waals surface area contributed by atoms with Crippen molar-refractivity contribution in [2.45, 2.75) is 37.4 Å². The summed E-state index contributed by atoms with van der Waals surface area (Å²) in [7, 11) is 1.70. The Kier molecular flexibility index (Phi) is 6.62. The molecule has 1 aliphatic rings. The molecular weight excluding hydrogens is 358 g/mol. The molecule has 1 fully saturated rings. The standard InChI is InChI=1S/C18H24ClN3O2S/c1-24-10-9-22-16-7-6-14(19)12-15(16)21-18(22)25-11-8-20-17(23)13-4-2-3-5-13/h6-7,12-13H,2-5,8-11H2,1H3,(H,20,23). The van der Waals surface area contributed by atoms with Crippen molar-refractivity contribution >= 4 is 40.3 Å². The first-order chi connectivity index (χ1) is 12.2. The predicted molar refractivity (Wildman–Crippen MR) is 102 cm³/mol. The lowest BCUT2D eigenvalue weighted by Gasteiger charge is -2.11. The van der Waals surface area contributed by atoms with Crippen molar-refractivity contribution in [3.63, 3.8) is 0 Å². The third-order valence-corrected chi connectivity index (χ3v) is 5.77. The first kappa shape index (κ1) is 18.5. The summed E-state index contributed by atoms with van der Waals surface area (Å²) in [6.07, 6.45) is 4.43. The molecule has 5 nitrogen and oxygen atoms in total. The maximum atomic E-state index is 12.1. The topological polar surface area (TPSA) is 56.1 Å². The second kappa shape index (κ2) is 8.92. The number of fused-ring (bicyclic) bond motifs is 1. The van der Waals surface area contributed by atoms with E-state index in [2.05, 4.69) is 9.88 Å². The van der Waals surface area contributed by atoms with E-state index in [0.29, 0.717) is 18.2 Å². The van der Waals surface area contributed by atoms with Crippen LogP contribution in [0.3, 0.4) is 0 Å². The number of rotatable bonds is 8. The second-order valence-corrected chi connectivity index (χ2v) is 7.79. The maximum Gasteiger partial charge on any atom is 0.223 e. The average molecular weight is 382 g/mol. The number of nitrogens with zero attached hydrogens (tertiary/aromatic N) is 2. The quantitative estimate of drug-likeness (QED) is 0.559. The minimum absolute atomic E-state index is 0.206. The molecular formula is C18H24ClN3O2S. The largest absolute Gasteiger partial charge is 0.383 e. The summed E-state index contributed by atoms with van der Waals surface area (Å²) in [5.41, 5.74) is 1.94. The summed E-state index contributed by atoms with van der Waals surface area (Å²) in [5, 5.41) is 4.68. The van der Waals surface area contributed by atoms with Gasteiger partial charge >= 0.3 is 0 Å². The summed E-state index contributed by atoms with van der Waals surface area (Å²) >= 11 is 7.73.